The van der Waals surface area contributed by atoms with E-state index in [1.165, 1.54) is 22.7 Å². The highest BCUT2D eigenvalue weighted by Gasteiger charge is 2.17. The van der Waals surface area contributed by atoms with Crippen LogP contribution in [0.2, 0.25) is 0 Å². The number of imidazole rings is 1. The van der Waals surface area contributed by atoms with E-state index in [0.29, 0.717) is 38.9 Å². The Balaban J connectivity index is 1.26. The number of furan rings is 2. The molecule has 0 radical (unpaired) electrons. The molecule has 38 heavy (non-hydrogen) atoms. The molecule has 0 spiro atoms. The van der Waals surface area contributed by atoms with Gasteiger partial charge in [0.15, 0.2) is 16.0 Å². The smallest absolute Gasteiger partial charge is 0.282 e. The fourth-order valence-corrected chi connectivity index (χ4v) is 5.31. The first-order chi connectivity index (χ1) is 18.6. The summed E-state index contributed by atoms with van der Waals surface area (Å²) < 4.78 is 14.1. The number of H-pyrrole nitrogens is 1. The van der Waals surface area contributed by atoms with Crippen LogP contribution in [-0.4, -0.2) is 25.8 Å². The lowest BCUT2D eigenvalue weighted by atomic mass is 10.2. The van der Waals surface area contributed by atoms with Gasteiger partial charge in [-0.2, -0.15) is 9.78 Å². The van der Waals surface area contributed by atoms with Crippen LogP contribution in [0.4, 0.5) is 0 Å². The van der Waals surface area contributed by atoms with Crippen molar-refractivity contribution in [2.45, 2.75) is 10.2 Å². The van der Waals surface area contributed by atoms with Gasteiger partial charge in [0, 0.05) is 9.86 Å². The summed E-state index contributed by atoms with van der Waals surface area (Å²) >= 11 is 4.85. The largest absolute Gasteiger partial charge is 0.453 e. The first-order valence-electron chi connectivity index (χ1n) is 11.6. The number of aromatic amines is 1. The third-order valence-corrected chi connectivity index (χ3v) is 7.22. The summed E-state index contributed by atoms with van der Waals surface area (Å²) in [5, 5.41) is 7.16. The fourth-order valence-electron chi connectivity index (χ4n) is 4.16. The van der Waals surface area contributed by atoms with Crippen LogP contribution < -0.4 is 5.56 Å². The number of fused-ring (bicyclic) bond motifs is 3. The molecule has 0 aliphatic heterocycles. The molecule has 0 aliphatic rings. The summed E-state index contributed by atoms with van der Waals surface area (Å²) in [6, 6.07) is 26.1. The Morgan fingerprint density at radius 1 is 0.921 bits per heavy atom. The Morgan fingerprint density at radius 3 is 2.66 bits per heavy atom. The highest BCUT2D eigenvalue weighted by Crippen LogP contribution is 2.30. The lowest BCUT2D eigenvalue weighted by Crippen LogP contribution is -2.20. The van der Waals surface area contributed by atoms with Gasteiger partial charge in [-0.1, -0.05) is 40.2 Å². The van der Waals surface area contributed by atoms with Gasteiger partial charge >= 0.3 is 0 Å². The van der Waals surface area contributed by atoms with E-state index in [-0.39, 0.29) is 5.56 Å². The zero-order valence-electron chi connectivity index (χ0n) is 19.5. The number of hydrogen-bond acceptors (Lipinski definition) is 7. The zero-order valence-corrected chi connectivity index (χ0v) is 21.9. The van der Waals surface area contributed by atoms with Gasteiger partial charge in [0.1, 0.15) is 11.3 Å². The molecular weight excluding hydrogens is 566 g/mol. The summed E-state index contributed by atoms with van der Waals surface area (Å²) in [5.74, 6) is 1.20. The van der Waals surface area contributed by atoms with Crippen molar-refractivity contribution in [1.29, 1.82) is 0 Å². The quantitative estimate of drug-likeness (QED) is 0.218. The first-order valence-corrected chi connectivity index (χ1v) is 13.2. The minimum Gasteiger partial charge on any atom is -0.453 e. The Hall–Kier alpha value is -4.41. The van der Waals surface area contributed by atoms with Crippen LogP contribution in [-0.2, 0) is 0 Å². The zero-order chi connectivity index (χ0) is 25.6. The van der Waals surface area contributed by atoms with Gasteiger partial charge in [0.25, 0.3) is 5.56 Å². The predicted octanol–water partition coefficient (Wildman–Crippen LogP) is 7.07. The number of nitrogens with one attached hydrogen (secondary N) is 1. The normalized spacial score (nSPS) is 11.9. The fraction of sp³-hybridized carbons (Fsp3) is 0. The third-order valence-electron chi connectivity index (χ3n) is 5.92. The van der Waals surface area contributed by atoms with E-state index >= 15 is 0 Å². The molecule has 0 saturated heterocycles. The van der Waals surface area contributed by atoms with Crippen molar-refractivity contribution in [3.05, 3.63) is 106 Å². The summed E-state index contributed by atoms with van der Waals surface area (Å²) in [4.78, 5) is 26.0. The van der Waals surface area contributed by atoms with Gasteiger partial charge in [-0.15, -0.1) is 0 Å². The molecule has 0 bridgehead atoms. The van der Waals surface area contributed by atoms with Crippen molar-refractivity contribution in [3.63, 3.8) is 0 Å². The second-order valence-electron chi connectivity index (χ2n) is 8.42. The van der Waals surface area contributed by atoms with Crippen LogP contribution in [0, 0.1) is 0 Å². The van der Waals surface area contributed by atoms with Crippen molar-refractivity contribution in [3.8, 4) is 11.6 Å². The van der Waals surface area contributed by atoms with E-state index in [2.05, 4.69) is 31.0 Å². The number of halogens is 1. The first kappa shape index (κ1) is 22.8. The van der Waals surface area contributed by atoms with Gasteiger partial charge in [0.2, 0.25) is 5.82 Å². The molecule has 7 rings (SSSR count). The molecule has 0 fully saturated rings. The van der Waals surface area contributed by atoms with E-state index in [1.807, 2.05) is 60.7 Å². The molecule has 0 aliphatic carbocycles. The van der Waals surface area contributed by atoms with Gasteiger partial charge in [-0.05, 0) is 72.4 Å². The molecule has 3 aromatic carbocycles. The molecule has 10 heteroatoms. The molecule has 1 N–H and O–H groups in total. The molecule has 0 amide bonds. The molecule has 0 saturated carbocycles. The molecule has 4 aromatic heterocycles. The maximum atomic E-state index is 13.5. The van der Waals surface area contributed by atoms with Crippen LogP contribution in [0.3, 0.4) is 0 Å². The lowest BCUT2D eigenvalue weighted by Gasteiger charge is -2.06. The third kappa shape index (κ3) is 4.13. The lowest BCUT2D eigenvalue weighted by molar-refractivity contribution is 0.468. The van der Waals surface area contributed by atoms with Gasteiger partial charge < -0.3 is 13.8 Å². The van der Waals surface area contributed by atoms with Crippen molar-refractivity contribution < 1.29 is 8.83 Å². The Bertz CT molecular complexity index is 2040. The Labute approximate surface area is 227 Å². The SMILES string of the molecule is O=c1c2ccccc2nc(-c2cc3cc(Br)ccc3o2)n1N=Cc1ccc(Sc2nc3ccccc3[nH]2)o1. The van der Waals surface area contributed by atoms with Gasteiger partial charge in [-0.3, -0.25) is 4.79 Å². The number of hydrogen-bond donors (Lipinski definition) is 1. The van der Waals surface area contributed by atoms with E-state index in [1.54, 1.807) is 24.3 Å². The summed E-state index contributed by atoms with van der Waals surface area (Å²) in [6.45, 7) is 0. The number of benzene rings is 3. The van der Waals surface area contributed by atoms with Crippen LogP contribution in [0.1, 0.15) is 5.76 Å². The number of rotatable bonds is 5. The van der Waals surface area contributed by atoms with Crippen LogP contribution in [0.25, 0.3) is 44.5 Å². The molecule has 0 atom stereocenters. The second-order valence-corrected chi connectivity index (χ2v) is 10.3. The van der Waals surface area contributed by atoms with Crippen molar-refractivity contribution >= 4 is 66.8 Å². The second kappa shape index (κ2) is 9.16. The number of nitrogens with zero attached hydrogens (tertiary/aromatic N) is 4. The molecule has 0 unspecified atom stereocenters. The van der Waals surface area contributed by atoms with Crippen LogP contribution in [0.15, 0.2) is 118 Å². The van der Waals surface area contributed by atoms with Crippen molar-refractivity contribution in [2.24, 2.45) is 5.10 Å². The average Bonchev–Trinajstić information content (AvgIpc) is 3.66. The summed E-state index contributed by atoms with van der Waals surface area (Å²) in [6.07, 6.45) is 1.49. The average molecular weight is 582 g/mol. The van der Waals surface area contributed by atoms with E-state index in [0.717, 1.165) is 26.0 Å². The summed E-state index contributed by atoms with van der Waals surface area (Å²) in [5.41, 5.74) is 2.77. The number of para-hydroxylation sites is 3. The highest BCUT2D eigenvalue weighted by atomic mass is 79.9. The Kier molecular flexibility index (Phi) is 5.49. The maximum absolute atomic E-state index is 13.5. The monoisotopic (exact) mass is 581 g/mol. The predicted molar refractivity (Wildman–Crippen MR) is 151 cm³/mol. The number of aromatic nitrogens is 4. The standard InChI is InChI=1S/C28H16BrN5O3S/c29-17-9-11-23-16(13-17)14-24(37-23)26-31-20-6-2-1-5-19(20)27(35)34(26)30-15-18-10-12-25(36-18)38-28-32-21-7-3-4-8-22(21)33-28/h1-15H,(H,32,33). The Morgan fingerprint density at radius 2 is 1.76 bits per heavy atom. The molecule has 184 valence electrons. The van der Waals surface area contributed by atoms with Crippen LogP contribution in [0.5, 0.6) is 0 Å². The van der Waals surface area contributed by atoms with Gasteiger partial charge in [0.05, 0.1) is 28.2 Å². The maximum Gasteiger partial charge on any atom is 0.282 e. The molecule has 4 heterocycles. The van der Waals surface area contributed by atoms with E-state index < -0.39 is 0 Å². The summed E-state index contributed by atoms with van der Waals surface area (Å²) in [7, 11) is 0. The van der Waals surface area contributed by atoms with Gasteiger partial charge in [-0.25, -0.2) is 9.97 Å². The highest BCUT2D eigenvalue weighted by molar-refractivity contribution is 9.10. The van der Waals surface area contributed by atoms with E-state index in [4.69, 9.17) is 13.8 Å². The van der Waals surface area contributed by atoms with Crippen molar-refractivity contribution in [1.82, 2.24) is 19.6 Å². The molecular formula is C28H16BrN5O3S. The van der Waals surface area contributed by atoms with Crippen LogP contribution >= 0.6 is 27.7 Å². The minimum absolute atomic E-state index is 0.292. The topological polar surface area (TPSA) is 102 Å². The molecule has 7 aromatic rings. The minimum atomic E-state index is -0.313. The molecule has 8 nitrogen and oxygen atoms in total. The van der Waals surface area contributed by atoms with E-state index in [9.17, 15) is 4.79 Å². The van der Waals surface area contributed by atoms with Crippen molar-refractivity contribution in [2.75, 3.05) is 0 Å².